The topological polar surface area (TPSA) is 46.9 Å². The van der Waals surface area contributed by atoms with E-state index in [9.17, 15) is 9.18 Å². The van der Waals surface area contributed by atoms with Crippen LogP contribution in [-0.4, -0.2) is 21.4 Å². The van der Waals surface area contributed by atoms with Crippen LogP contribution in [0, 0.1) is 9.77 Å². The standard InChI is InChI=1S/C20H14FN3OS3/c21-15-6-9-17(10-7-15)24-20(26)28-19(23-24)27-12-18(25)22-16-8-5-13-3-1-2-4-14(13)11-16/h1-11H,12H2,(H,22,25). The van der Waals surface area contributed by atoms with Crippen LogP contribution >= 0.6 is 35.3 Å². The summed E-state index contributed by atoms with van der Waals surface area (Å²) in [6, 6.07) is 19.8. The van der Waals surface area contributed by atoms with Gasteiger partial charge in [-0.1, -0.05) is 53.4 Å². The zero-order valence-corrected chi connectivity index (χ0v) is 16.9. The second-order valence-electron chi connectivity index (χ2n) is 5.92. The van der Waals surface area contributed by atoms with Crippen LogP contribution in [-0.2, 0) is 4.79 Å². The van der Waals surface area contributed by atoms with Gasteiger partial charge in [0.25, 0.3) is 0 Å². The van der Waals surface area contributed by atoms with E-state index in [1.807, 2.05) is 42.5 Å². The first kappa shape index (κ1) is 18.8. The van der Waals surface area contributed by atoms with Crippen LogP contribution < -0.4 is 5.32 Å². The molecule has 0 aliphatic heterocycles. The molecule has 4 nitrogen and oxygen atoms in total. The van der Waals surface area contributed by atoms with E-state index in [4.69, 9.17) is 12.2 Å². The highest BCUT2D eigenvalue weighted by Gasteiger charge is 2.10. The number of carbonyl (C=O) groups excluding carboxylic acids is 1. The molecule has 4 rings (SSSR count). The molecule has 0 fully saturated rings. The van der Waals surface area contributed by atoms with Gasteiger partial charge >= 0.3 is 0 Å². The summed E-state index contributed by atoms with van der Waals surface area (Å²) in [7, 11) is 0. The minimum Gasteiger partial charge on any atom is -0.325 e. The molecular formula is C20H14FN3OS3. The van der Waals surface area contributed by atoms with E-state index >= 15 is 0 Å². The van der Waals surface area contributed by atoms with E-state index in [2.05, 4.69) is 10.4 Å². The smallest absolute Gasteiger partial charge is 0.234 e. The van der Waals surface area contributed by atoms with E-state index in [0.29, 0.717) is 14.0 Å². The number of nitrogens with one attached hydrogen (secondary N) is 1. The number of amides is 1. The molecule has 28 heavy (non-hydrogen) atoms. The molecule has 0 unspecified atom stereocenters. The molecule has 140 valence electrons. The summed E-state index contributed by atoms with van der Waals surface area (Å²) in [5, 5.41) is 9.53. The van der Waals surface area contributed by atoms with Gasteiger partial charge in [0.05, 0.1) is 11.4 Å². The molecule has 0 atom stereocenters. The zero-order valence-electron chi connectivity index (χ0n) is 14.5. The monoisotopic (exact) mass is 427 g/mol. The van der Waals surface area contributed by atoms with Crippen molar-refractivity contribution in [2.45, 2.75) is 4.34 Å². The van der Waals surface area contributed by atoms with Crippen molar-refractivity contribution in [2.75, 3.05) is 11.1 Å². The van der Waals surface area contributed by atoms with Crippen LogP contribution in [0.2, 0.25) is 0 Å². The lowest BCUT2D eigenvalue weighted by Crippen LogP contribution is -2.13. The molecule has 0 saturated carbocycles. The predicted molar refractivity (Wildman–Crippen MR) is 116 cm³/mol. The van der Waals surface area contributed by atoms with Crippen LogP contribution in [0.5, 0.6) is 0 Å². The Morgan fingerprint density at radius 3 is 2.64 bits per heavy atom. The molecule has 0 aliphatic rings. The summed E-state index contributed by atoms with van der Waals surface area (Å²) >= 11 is 7.97. The Hall–Kier alpha value is -2.55. The number of anilines is 1. The van der Waals surface area contributed by atoms with Gasteiger partial charge in [-0.2, -0.15) is 0 Å². The average Bonchev–Trinajstić information content (AvgIpc) is 3.07. The van der Waals surface area contributed by atoms with Crippen LogP contribution in [0.15, 0.2) is 71.1 Å². The van der Waals surface area contributed by atoms with Gasteiger partial charge in [-0.05, 0) is 59.4 Å². The predicted octanol–water partition coefficient (Wildman–Crippen LogP) is 5.69. The number of halogens is 1. The fraction of sp³-hybridized carbons (Fsp3) is 0.0500. The molecule has 0 radical (unpaired) electrons. The highest BCUT2D eigenvalue weighted by Crippen LogP contribution is 2.25. The minimum absolute atomic E-state index is 0.116. The van der Waals surface area contributed by atoms with Gasteiger partial charge in [-0.25, -0.2) is 9.07 Å². The summed E-state index contributed by atoms with van der Waals surface area (Å²) < 4.78 is 15.9. The van der Waals surface area contributed by atoms with E-state index in [-0.39, 0.29) is 17.5 Å². The molecule has 0 spiro atoms. The summed E-state index contributed by atoms with van der Waals surface area (Å²) in [5.74, 6) is -0.210. The maximum Gasteiger partial charge on any atom is 0.234 e. The Balaban J connectivity index is 1.41. The molecule has 8 heteroatoms. The number of fused-ring (bicyclic) bond motifs is 1. The Kier molecular flexibility index (Phi) is 5.52. The van der Waals surface area contributed by atoms with E-state index < -0.39 is 0 Å². The Labute approximate surface area is 174 Å². The first-order valence-electron chi connectivity index (χ1n) is 8.36. The molecule has 0 saturated heterocycles. The summed E-state index contributed by atoms with van der Waals surface area (Å²) in [5.41, 5.74) is 1.45. The van der Waals surface area contributed by atoms with Gasteiger partial charge in [-0.3, -0.25) is 4.79 Å². The Bertz CT molecular complexity index is 1200. The van der Waals surface area contributed by atoms with Gasteiger partial charge in [0.1, 0.15) is 5.82 Å². The van der Waals surface area contributed by atoms with Crippen molar-refractivity contribution in [1.82, 2.24) is 9.78 Å². The molecule has 1 aromatic heterocycles. The van der Waals surface area contributed by atoms with Gasteiger partial charge in [-0.15, -0.1) is 5.10 Å². The fourth-order valence-electron chi connectivity index (χ4n) is 2.66. The molecule has 4 aromatic rings. The first-order valence-corrected chi connectivity index (χ1v) is 10.6. The van der Waals surface area contributed by atoms with Crippen molar-refractivity contribution in [2.24, 2.45) is 0 Å². The third kappa shape index (κ3) is 4.30. The normalized spacial score (nSPS) is 10.9. The van der Waals surface area contributed by atoms with Crippen molar-refractivity contribution in [1.29, 1.82) is 0 Å². The van der Waals surface area contributed by atoms with Gasteiger partial charge in [0.15, 0.2) is 8.29 Å². The quantitative estimate of drug-likeness (QED) is 0.328. The average molecular weight is 428 g/mol. The minimum atomic E-state index is -0.314. The second-order valence-corrected chi connectivity index (χ2v) is 8.77. The lowest BCUT2D eigenvalue weighted by molar-refractivity contribution is -0.113. The SMILES string of the molecule is O=C(CSc1nn(-c2ccc(F)cc2)c(=S)s1)Nc1ccc2ccccc2c1. The number of carbonyl (C=O) groups is 1. The van der Waals surface area contributed by atoms with Crippen molar-refractivity contribution in [3.63, 3.8) is 0 Å². The van der Waals surface area contributed by atoms with Gasteiger partial charge in [0.2, 0.25) is 5.91 Å². The molecule has 1 N–H and O–H groups in total. The van der Waals surface area contributed by atoms with Crippen molar-refractivity contribution < 1.29 is 9.18 Å². The number of rotatable bonds is 5. The summed E-state index contributed by atoms with van der Waals surface area (Å²) in [6.45, 7) is 0. The maximum atomic E-state index is 13.1. The van der Waals surface area contributed by atoms with Gasteiger partial charge < -0.3 is 5.32 Å². The van der Waals surface area contributed by atoms with Gasteiger partial charge in [0, 0.05) is 5.69 Å². The molecular weight excluding hydrogens is 413 g/mol. The van der Waals surface area contributed by atoms with E-state index in [1.165, 1.54) is 35.2 Å². The highest BCUT2D eigenvalue weighted by atomic mass is 32.2. The third-order valence-corrected chi connectivity index (χ3v) is 6.33. The molecule has 0 aliphatic carbocycles. The second kappa shape index (κ2) is 8.22. The van der Waals surface area contributed by atoms with Crippen LogP contribution in [0.25, 0.3) is 16.5 Å². The molecule has 3 aromatic carbocycles. The number of benzene rings is 3. The third-order valence-electron chi connectivity index (χ3n) is 3.96. The highest BCUT2D eigenvalue weighted by molar-refractivity contribution is 8.01. The van der Waals surface area contributed by atoms with Crippen LogP contribution in [0.1, 0.15) is 0 Å². The van der Waals surface area contributed by atoms with Crippen molar-refractivity contribution in [3.8, 4) is 5.69 Å². The van der Waals surface area contributed by atoms with E-state index in [1.54, 1.807) is 16.8 Å². The Morgan fingerprint density at radius 2 is 1.86 bits per heavy atom. The Morgan fingerprint density at radius 1 is 1.11 bits per heavy atom. The number of hydrogen-bond acceptors (Lipinski definition) is 5. The lowest BCUT2D eigenvalue weighted by Gasteiger charge is -2.06. The fourth-order valence-corrected chi connectivity index (χ4v) is 4.82. The van der Waals surface area contributed by atoms with Crippen molar-refractivity contribution >= 4 is 57.7 Å². The van der Waals surface area contributed by atoms with Crippen LogP contribution in [0.3, 0.4) is 0 Å². The number of hydrogen-bond donors (Lipinski definition) is 1. The first-order chi connectivity index (χ1) is 13.6. The van der Waals surface area contributed by atoms with Crippen molar-refractivity contribution in [3.05, 3.63) is 76.5 Å². The maximum absolute atomic E-state index is 13.1. The lowest BCUT2D eigenvalue weighted by atomic mass is 10.1. The van der Waals surface area contributed by atoms with E-state index in [0.717, 1.165) is 16.5 Å². The number of nitrogens with zero attached hydrogens (tertiary/aromatic N) is 2. The number of thioether (sulfide) groups is 1. The summed E-state index contributed by atoms with van der Waals surface area (Å²) in [6.07, 6.45) is 0. The van der Waals surface area contributed by atoms with Crippen LogP contribution in [0.4, 0.5) is 10.1 Å². The molecule has 1 heterocycles. The summed E-state index contributed by atoms with van der Waals surface area (Å²) in [4.78, 5) is 12.3. The number of aromatic nitrogens is 2. The molecule has 0 bridgehead atoms. The zero-order chi connectivity index (χ0) is 19.5. The molecule has 1 amide bonds. The largest absolute Gasteiger partial charge is 0.325 e.